The Morgan fingerprint density at radius 3 is 1.72 bits per heavy atom. The molecule has 0 unspecified atom stereocenters. The van der Waals surface area contributed by atoms with Crippen LogP contribution in [0.25, 0.3) is 0 Å². The first-order valence-electron chi connectivity index (χ1n) is 11.3. The van der Waals surface area contributed by atoms with Crippen molar-refractivity contribution in [2.75, 3.05) is 0 Å². The Kier molecular flexibility index (Phi) is 13.8. The van der Waals surface area contributed by atoms with E-state index < -0.39 is 0 Å². The monoisotopic (exact) mass is 349 g/mol. The summed E-state index contributed by atoms with van der Waals surface area (Å²) in [7, 11) is 0. The van der Waals surface area contributed by atoms with E-state index in [1.165, 1.54) is 102 Å². The second kappa shape index (κ2) is 15.5. The zero-order chi connectivity index (χ0) is 18.2. The average Bonchev–Trinajstić information content (AvgIpc) is 3.05. The van der Waals surface area contributed by atoms with E-state index in [0.29, 0.717) is 0 Å². The van der Waals surface area contributed by atoms with Crippen LogP contribution in [-0.4, -0.2) is 4.98 Å². The van der Waals surface area contributed by atoms with Crippen molar-refractivity contribution in [3.05, 3.63) is 18.2 Å². The normalized spacial score (nSPS) is 11.5. The number of imidazole rings is 1. The lowest BCUT2D eigenvalue weighted by atomic mass is 10.0. The van der Waals surface area contributed by atoms with Gasteiger partial charge < -0.3 is 0 Å². The minimum Gasteiger partial charge on any atom is -0.248 e. The van der Waals surface area contributed by atoms with E-state index in [9.17, 15) is 0 Å². The molecule has 0 saturated heterocycles. The van der Waals surface area contributed by atoms with Crippen LogP contribution in [0.5, 0.6) is 0 Å². The highest BCUT2D eigenvalue weighted by Crippen LogP contribution is 2.14. The number of unbranched alkanes of at least 4 members (excludes halogenated alkanes) is 12. The molecule has 0 aliphatic carbocycles. The third kappa shape index (κ3) is 12.2. The second-order valence-electron chi connectivity index (χ2n) is 8.23. The van der Waals surface area contributed by atoms with Crippen LogP contribution < -0.4 is 4.57 Å². The van der Waals surface area contributed by atoms with Crippen LogP contribution in [0.2, 0.25) is 0 Å². The van der Waals surface area contributed by atoms with E-state index in [-0.39, 0.29) is 0 Å². The summed E-state index contributed by atoms with van der Waals surface area (Å²) in [6, 6.07) is 0. The van der Waals surface area contributed by atoms with Crippen LogP contribution in [-0.2, 0) is 13.0 Å². The molecule has 0 aliphatic heterocycles. The second-order valence-corrected chi connectivity index (χ2v) is 8.23. The van der Waals surface area contributed by atoms with Gasteiger partial charge >= 0.3 is 0 Å². The maximum atomic E-state index is 3.32. The van der Waals surface area contributed by atoms with Gasteiger partial charge in [0.15, 0.2) is 0 Å². The lowest BCUT2D eigenvalue weighted by Gasteiger charge is -2.05. The number of hydrogen-bond acceptors (Lipinski definition) is 0. The van der Waals surface area contributed by atoms with Crippen LogP contribution in [0.3, 0.4) is 0 Å². The third-order valence-corrected chi connectivity index (χ3v) is 5.37. The predicted molar refractivity (Wildman–Crippen MR) is 110 cm³/mol. The largest absolute Gasteiger partial charge is 0.253 e. The number of aryl methyl sites for hydroxylation is 2. The van der Waals surface area contributed by atoms with Crippen molar-refractivity contribution in [2.45, 2.75) is 124 Å². The fourth-order valence-electron chi connectivity index (χ4n) is 3.69. The van der Waals surface area contributed by atoms with E-state index in [1.807, 2.05) is 0 Å². The number of nitrogens with one attached hydrogen (secondary N) is 1. The molecule has 0 fully saturated rings. The summed E-state index contributed by atoms with van der Waals surface area (Å²) in [5.74, 6) is 2.25. The Labute approximate surface area is 157 Å². The topological polar surface area (TPSA) is 19.7 Å². The van der Waals surface area contributed by atoms with E-state index in [0.717, 1.165) is 12.3 Å². The first-order valence-corrected chi connectivity index (χ1v) is 11.3. The van der Waals surface area contributed by atoms with E-state index >= 15 is 0 Å². The molecular formula is C23H45N2+. The molecule has 0 aromatic carbocycles. The van der Waals surface area contributed by atoms with Gasteiger partial charge in [-0.15, -0.1) is 0 Å². The fourth-order valence-corrected chi connectivity index (χ4v) is 3.69. The van der Waals surface area contributed by atoms with E-state index in [4.69, 9.17) is 0 Å². The Bertz CT molecular complexity index is 395. The molecule has 1 aromatic heterocycles. The van der Waals surface area contributed by atoms with Crippen LogP contribution in [0.4, 0.5) is 0 Å². The standard InChI is InChI=1S/C23H44N2/c1-4-23-24-19-21-25(23)20-17-15-13-11-9-7-5-6-8-10-12-14-16-18-22(2)3/h19,21-22H,4-18,20H2,1-3H3/p+1. The molecule has 2 nitrogen and oxygen atoms in total. The number of hydrogen-bond donors (Lipinski definition) is 1. The van der Waals surface area contributed by atoms with Gasteiger partial charge in [-0.3, -0.25) is 0 Å². The first kappa shape index (κ1) is 22.3. The van der Waals surface area contributed by atoms with Gasteiger partial charge in [-0.2, -0.15) is 0 Å². The van der Waals surface area contributed by atoms with Crippen LogP contribution in [0.15, 0.2) is 12.4 Å². The molecule has 0 saturated carbocycles. The van der Waals surface area contributed by atoms with Gasteiger partial charge in [-0.25, -0.2) is 9.55 Å². The maximum Gasteiger partial charge on any atom is 0.253 e. The lowest BCUT2D eigenvalue weighted by Crippen LogP contribution is -2.35. The third-order valence-electron chi connectivity index (χ3n) is 5.37. The zero-order valence-corrected chi connectivity index (χ0v) is 17.5. The first-order chi connectivity index (χ1) is 12.2. The fraction of sp³-hybridized carbons (Fsp3) is 0.870. The zero-order valence-electron chi connectivity index (χ0n) is 17.5. The Morgan fingerprint density at radius 2 is 1.24 bits per heavy atom. The average molecular weight is 350 g/mol. The molecule has 2 heteroatoms. The Hall–Kier alpha value is -0.790. The summed E-state index contributed by atoms with van der Waals surface area (Å²) in [5.41, 5.74) is 0. The van der Waals surface area contributed by atoms with E-state index in [1.54, 1.807) is 0 Å². The lowest BCUT2D eigenvalue weighted by molar-refractivity contribution is -0.703. The maximum absolute atomic E-state index is 3.32. The molecule has 1 N–H and O–H groups in total. The molecule has 0 radical (unpaired) electrons. The molecule has 146 valence electrons. The molecule has 1 heterocycles. The molecule has 1 rings (SSSR count). The number of rotatable bonds is 17. The van der Waals surface area contributed by atoms with Crippen molar-refractivity contribution >= 4 is 0 Å². The minimum absolute atomic E-state index is 0.890. The summed E-state index contributed by atoms with van der Waals surface area (Å²) >= 11 is 0. The van der Waals surface area contributed by atoms with Gasteiger partial charge in [-0.1, -0.05) is 97.8 Å². The molecule has 0 amide bonds. The van der Waals surface area contributed by atoms with Gasteiger partial charge in [0.05, 0.1) is 6.54 Å². The predicted octanol–water partition coefficient (Wildman–Crippen LogP) is 6.98. The quantitative estimate of drug-likeness (QED) is 0.231. The highest BCUT2D eigenvalue weighted by molar-refractivity contribution is 4.75. The van der Waals surface area contributed by atoms with Gasteiger partial charge in [0.25, 0.3) is 5.82 Å². The van der Waals surface area contributed by atoms with Crippen LogP contribution >= 0.6 is 0 Å². The molecule has 0 bridgehead atoms. The SMILES string of the molecule is CCc1[nH]cc[n+]1CCCCCCCCCCCCCCCC(C)C. The highest BCUT2D eigenvalue weighted by Gasteiger charge is 2.06. The van der Waals surface area contributed by atoms with Gasteiger partial charge in [0.2, 0.25) is 0 Å². The summed E-state index contributed by atoms with van der Waals surface area (Å²) in [5, 5.41) is 0. The minimum atomic E-state index is 0.890. The number of aromatic amines is 1. The van der Waals surface area contributed by atoms with Gasteiger partial charge in [0.1, 0.15) is 12.4 Å². The summed E-state index contributed by atoms with van der Waals surface area (Å²) in [6.45, 7) is 8.07. The molecule has 25 heavy (non-hydrogen) atoms. The van der Waals surface area contributed by atoms with Crippen molar-refractivity contribution < 1.29 is 4.57 Å². The number of nitrogens with zero attached hydrogens (tertiary/aromatic N) is 1. The number of H-pyrrole nitrogens is 1. The van der Waals surface area contributed by atoms with Gasteiger partial charge in [-0.05, 0) is 18.8 Å². The van der Waals surface area contributed by atoms with Crippen molar-refractivity contribution in [1.29, 1.82) is 0 Å². The van der Waals surface area contributed by atoms with Crippen molar-refractivity contribution in [2.24, 2.45) is 5.92 Å². The van der Waals surface area contributed by atoms with Gasteiger partial charge in [0, 0.05) is 6.42 Å². The highest BCUT2D eigenvalue weighted by atomic mass is 15.1. The molecule has 0 spiro atoms. The molecule has 0 aliphatic rings. The number of aromatic nitrogens is 2. The smallest absolute Gasteiger partial charge is 0.248 e. The summed E-state index contributed by atoms with van der Waals surface area (Å²) < 4.78 is 2.38. The van der Waals surface area contributed by atoms with Crippen molar-refractivity contribution in [3.8, 4) is 0 Å². The van der Waals surface area contributed by atoms with Crippen LogP contribution in [0.1, 0.15) is 116 Å². The molecular weight excluding hydrogens is 304 g/mol. The summed E-state index contributed by atoms with van der Waals surface area (Å²) in [6.07, 6.45) is 25.5. The summed E-state index contributed by atoms with van der Waals surface area (Å²) in [4.78, 5) is 3.32. The van der Waals surface area contributed by atoms with Crippen molar-refractivity contribution in [3.63, 3.8) is 0 Å². The van der Waals surface area contributed by atoms with Crippen molar-refractivity contribution in [1.82, 2.24) is 4.98 Å². The molecule has 0 atom stereocenters. The van der Waals surface area contributed by atoms with Crippen LogP contribution in [0, 0.1) is 5.92 Å². The molecule has 1 aromatic rings. The van der Waals surface area contributed by atoms with E-state index in [2.05, 4.69) is 42.7 Å². The Balaban J connectivity index is 1.76. The Morgan fingerprint density at radius 1 is 0.760 bits per heavy atom.